The molecule has 1 N–H and O–H groups in total. The van der Waals surface area contributed by atoms with E-state index in [2.05, 4.69) is 5.32 Å². The zero-order valence-electron chi connectivity index (χ0n) is 10.8. The minimum absolute atomic E-state index is 0.000399. The molecule has 21 heavy (non-hydrogen) atoms. The molecule has 0 fully saturated rings. The molecule has 0 bridgehead atoms. The summed E-state index contributed by atoms with van der Waals surface area (Å²) in [6, 6.07) is 11.3. The van der Waals surface area contributed by atoms with Crippen molar-refractivity contribution in [3.05, 3.63) is 65.7 Å². The summed E-state index contributed by atoms with van der Waals surface area (Å²) in [5.41, 5.74) is -1.07. The fourth-order valence-electron chi connectivity index (χ4n) is 1.80. The molecule has 0 spiro atoms. The van der Waals surface area contributed by atoms with E-state index in [1.807, 2.05) is 0 Å². The summed E-state index contributed by atoms with van der Waals surface area (Å²) < 4.78 is 65.4. The molecule has 1 nitrogen and oxygen atoms in total. The molecule has 2 rings (SSSR count). The molecule has 0 aromatic heterocycles. The lowest BCUT2D eigenvalue weighted by molar-refractivity contribution is -0.137. The van der Waals surface area contributed by atoms with E-state index < -0.39 is 24.2 Å². The van der Waals surface area contributed by atoms with Gasteiger partial charge < -0.3 is 5.32 Å². The Labute approximate surface area is 118 Å². The minimum atomic E-state index is -4.50. The zero-order valence-corrected chi connectivity index (χ0v) is 10.8. The molecule has 0 aliphatic carbocycles. The summed E-state index contributed by atoms with van der Waals surface area (Å²) in [4.78, 5) is 0. The standard InChI is InChI=1S/C15H12F5N/c16-14(17,11-5-2-1-3-6-11)10-21-13-8-4-7-12(9-13)15(18,19)20/h1-9,21H,10H2. The second-order valence-electron chi connectivity index (χ2n) is 4.50. The number of rotatable bonds is 4. The Morgan fingerprint density at radius 2 is 1.38 bits per heavy atom. The van der Waals surface area contributed by atoms with Crippen LogP contribution in [0, 0.1) is 0 Å². The number of nitrogens with one attached hydrogen (secondary N) is 1. The summed E-state index contributed by atoms with van der Waals surface area (Å²) >= 11 is 0. The van der Waals surface area contributed by atoms with Crippen molar-refractivity contribution in [1.29, 1.82) is 0 Å². The van der Waals surface area contributed by atoms with Crippen LogP contribution in [0.15, 0.2) is 54.6 Å². The third-order valence-corrected chi connectivity index (χ3v) is 2.90. The molecule has 0 aliphatic rings. The van der Waals surface area contributed by atoms with Gasteiger partial charge in [0, 0.05) is 11.3 Å². The lowest BCUT2D eigenvalue weighted by Gasteiger charge is -2.18. The Morgan fingerprint density at radius 3 is 2.00 bits per heavy atom. The summed E-state index contributed by atoms with van der Waals surface area (Å²) in [5.74, 6) is -3.17. The minimum Gasteiger partial charge on any atom is -0.379 e. The summed E-state index contributed by atoms with van der Waals surface area (Å²) in [6.07, 6.45) is -4.50. The summed E-state index contributed by atoms with van der Waals surface area (Å²) in [6.45, 7) is -0.779. The average molecular weight is 301 g/mol. The maximum absolute atomic E-state index is 13.9. The van der Waals surface area contributed by atoms with E-state index in [4.69, 9.17) is 0 Å². The third kappa shape index (κ3) is 3.93. The number of benzene rings is 2. The van der Waals surface area contributed by atoms with Crippen molar-refractivity contribution in [2.45, 2.75) is 12.1 Å². The van der Waals surface area contributed by atoms with Gasteiger partial charge in [-0.05, 0) is 18.2 Å². The number of alkyl halides is 5. The van der Waals surface area contributed by atoms with Crippen molar-refractivity contribution in [2.75, 3.05) is 11.9 Å². The summed E-state index contributed by atoms with van der Waals surface area (Å²) in [5, 5.41) is 2.35. The van der Waals surface area contributed by atoms with Crippen molar-refractivity contribution >= 4 is 5.69 Å². The van der Waals surface area contributed by atoms with Gasteiger partial charge in [-0.3, -0.25) is 0 Å². The molecule has 0 unspecified atom stereocenters. The van der Waals surface area contributed by atoms with E-state index in [0.29, 0.717) is 0 Å². The monoisotopic (exact) mass is 301 g/mol. The fourth-order valence-corrected chi connectivity index (χ4v) is 1.80. The second-order valence-corrected chi connectivity index (χ2v) is 4.50. The van der Waals surface area contributed by atoms with Crippen LogP contribution >= 0.6 is 0 Å². The van der Waals surface area contributed by atoms with Gasteiger partial charge in [0.1, 0.15) is 0 Å². The summed E-state index contributed by atoms with van der Waals surface area (Å²) in [7, 11) is 0. The quantitative estimate of drug-likeness (QED) is 0.791. The normalized spacial score (nSPS) is 12.2. The first kappa shape index (κ1) is 15.3. The Balaban J connectivity index is 2.10. The predicted octanol–water partition coefficient (Wildman–Crippen LogP) is 4.91. The molecule has 0 heterocycles. The Morgan fingerprint density at radius 1 is 0.762 bits per heavy atom. The van der Waals surface area contributed by atoms with Crippen molar-refractivity contribution in [2.24, 2.45) is 0 Å². The van der Waals surface area contributed by atoms with Crippen molar-refractivity contribution in [3.63, 3.8) is 0 Å². The molecule has 112 valence electrons. The molecule has 0 atom stereocenters. The van der Waals surface area contributed by atoms with Gasteiger partial charge in [0.2, 0.25) is 0 Å². The second kappa shape index (κ2) is 5.71. The van der Waals surface area contributed by atoms with Crippen LogP contribution in [0.1, 0.15) is 11.1 Å². The van der Waals surface area contributed by atoms with Gasteiger partial charge >= 0.3 is 6.18 Å². The zero-order chi connectivity index (χ0) is 15.5. The maximum atomic E-state index is 13.9. The fraction of sp³-hybridized carbons (Fsp3) is 0.200. The Hall–Kier alpha value is -2.11. The van der Waals surface area contributed by atoms with Crippen LogP contribution in [0.5, 0.6) is 0 Å². The van der Waals surface area contributed by atoms with Gasteiger partial charge in [-0.1, -0.05) is 36.4 Å². The highest BCUT2D eigenvalue weighted by Gasteiger charge is 2.32. The van der Waals surface area contributed by atoms with Gasteiger partial charge in [0.25, 0.3) is 5.92 Å². The molecule has 2 aromatic carbocycles. The van der Waals surface area contributed by atoms with Crippen LogP contribution in [0.3, 0.4) is 0 Å². The SMILES string of the molecule is FC(F)(F)c1cccc(NCC(F)(F)c2ccccc2)c1. The predicted molar refractivity (Wildman–Crippen MR) is 70.3 cm³/mol. The van der Waals surface area contributed by atoms with Crippen LogP contribution in [0.2, 0.25) is 0 Å². The van der Waals surface area contributed by atoms with Gasteiger partial charge in [-0.2, -0.15) is 22.0 Å². The van der Waals surface area contributed by atoms with E-state index in [0.717, 1.165) is 12.1 Å². The van der Waals surface area contributed by atoms with Crippen LogP contribution in [-0.4, -0.2) is 6.54 Å². The van der Waals surface area contributed by atoms with E-state index in [1.165, 1.54) is 36.4 Å². The van der Waals surface area contributed by atoms with Crippen LogP contribution in [-0.2, 0) is 12.1 Å². The molecule has 0 aliphatic heterocycles. The van der Waals surface area contributed by atoms with Crippen LogP contribution < -0.4 is 5.32 Å². The van der Waals surface area contributed by atoms with E-state index in [9.17, 15) is 22.0 Å². The molecule has 2 aromatic rings. The molecular weight excluding hydrogens is 289 g/mol. The molecule has 0 amide bonds. The third-order valence-electron chi connectivity index (χ3n) is 2.90. The lowest BCUT2D eigenvalue weighted by Crippen LogP contribution is -2.24. The molecule has 0 radical (unpaired) electrons. The maximum Gasteiger partial charge on any atom is 0.416 e. The number of hydrogen-bond acceptors (Lipinski definition) is 1. The van der Waals surface area contributed by atoms with Crippen molar-refractivity contribution in [1.82, 2.24) is 0 Å². The largest absolute Gasteiger partial charge is 0.416 e. The molecule has 0 saturated heterocycles. The highest BCUT2D eigenvalue weighted by atomic mass is 19.4. The molecular formula is C15H12F5N. The highest BCUT2D eigenvalue weighted by Crippen LogP contribution is 2.32. The van der Waals surface area contributed by atoms with Crippen molar-refractivity contribution in [3.8, 4) is 0 Å². The lowest BCUT2D eigenvalue weighted by atomic mass is 10.1. The smallest absolute Gasteiger partial charge is 0.379 e. The van der Waals surface area contributed by atoms with Gasteiger partial charge in [-0.15, -0.1) is 0 Å². The van der Waals surface area contributed by atoms with Gasteiger partial charge in [-0.25, -0.2) is 0 Å². The molecule has 0 saturated carbocycles. The molecule has 6 heteroatoms. The number of anilines is 1. The van der Waals surface area contributed by atoms with E-state index >= 15 is 0 Å². The van der Waals surface area contributed by atoms with Crippen molar-refractivity contribution < 1.29 is 22.0 Å². The first-order chi connectivity index (χ1) is 9.79. The van der Waals surface area contributed by atoms with Crippen LogP contribution in [0.25, 0.3) is 0 Å². The number of halogens is 5. The first-order valence-electron chi connectivity index (χ1n) is 6.13. The average Bonchev–Trinajstić information content (AvgIpc) is 2.46. The highest BCUT2D eigenvalue weighted by molar-refractivity contribution is 5.47. The van der Waals surface area contributed by atoms with E-state index in [1.54, 1.807) is 6.07 Å². The van der Waals surface area contributed by atoms with Crippen LogP contribution in [0.4, 0.5) is 27.6 Å². The topological polar surface area (TPSA) is 12.0 Å². The number of hydrogen-bond donors (Lipinski definition) is 1. The van der Waals surface area contributed by atoms with E-state index in [-0.39, 0.29) is 11.3 Å². The van der Waals surface area contributed by atoms with Gasteiger partial charge in [0.05, 0.1) is 12.1 Å². The first-order valence-corrected chi connectivity index (χ1v) is 6.13. The Kier molecular flexibility index (Phi) is 4.16. The van der Waals surface area contributed by atoms with Gasteiger partial charge in [0.15, 0.2) is 0 Å². The Bertz CT molecular complexity index is 593.